The molecule has 96 valence electrons. The highest BCUT2D eigenvalue weighted by Gasteiger charge is 2.57. The van der Waals surface area contributed by atoms with Crippen molar-refractivity contribution < 1.29 is 14.3 Å². The van der Waals surface area contributed by atoms with Gasteiger partial charge in [-0.1, -0.05) is 0 Å². The molecule has 0 aromatic heterocycles. The van der Waals surface area contributed by atoms with Crippen molar-refractivity contribution in [1.29, 1.82) is 0 Å². The maximum Gasteiger partial charge on any atom is 0.410 e. The van der Waals surface area contributed by atoms with E-state index in [1.54, 1.807) is 4.90 Å². The summed E-state index contributed by atoms with van der Waals surface area (Å²) in [6, 6.07) is 0.270. The molecule has 0 unspecified atom stereocenters. The maximum absolute atomic E-state index is 11.8. The van der Waals surface area contributed by atoms with Crippen LogP contribution in [0.3, 0.4) is 0 Å². The predicted molar refractivity (Wildman–Crippen MR) is 62.4 cm³/mol. The van der Waals surface area contributed by atoms with E-state index in [-0.39, 0.29) is 18.0 Å². The molecule has 0 radical (unpaired) electrons. The quantitative estimate of drug-likeness (QED) is 0.743. The van der Waals surface area contributed by atoms with E-state index in [4.69, 9.17) is 4.74 Å². The van der Waals surface area contributed by atoms with Crippen LogP contribution in [0.4, 0.5) is 4.79 Å². The second-order valence-corrected chi connectivity index (χ2v) is 5.94. The van der Waals surface area contributed by atoms with Crippen LogP contribution >= 0.6 is 0 Å². The summed E-state index contributed by atoms with van der Waals surface area (Å²) in [4.78, 5) is 24.4. The minimum absolute atomic E-state index is 0.00761. The zero-order valence-corrected chi connectivity index (χ0v) is 10.8. The number of hydrogen-bond acceptors (Lipinski definition) is 3. The van der Waals surface area contributed by atoms with Crippen molar-refractivity contribution in [3.8, 4) is 0 Å². The number of nitrogens with one attached hydrogen (secondary N) is 1. The Kier molecular flexibility index (Phi) is 2.79. The predicted octanol–water partition coefficient (Wildman–Crippen LogP) is 0.988. The van der Waals surface area contributed by atoms with Crippen molar-refractivity contribution in [2.45, 2.75) is 39.3 Å². The van der Waals surface area contributed by atoms with Crippen molar-refractivity contribution in [2.24, 2.45) is 11.8 Å². The fourth-order valence-corrected chi connectivity index (χ4v) is 2.45. The summed E-state index contributed by atoms with van der Waals surface area (Å²) >= 11 is 0. The third-order valence-corrected chi connectivity index (χ3v) is 3.22. The lowest BCUT2D eigenvalue weighted by atomic mass is 10.2. The van der Waals surface area contributed by atoms with E-state index in [2.05, 4.69) is 5.32 Å². The largest absolute Gasteiger partial charge is 0.444 e. The molecule has 2 aliphatic rings. The highest BCUT2D eigenvalue weighted by molar-refractivity contribution is 5.74. The van der Waals surface area contributed by atoms with Gasteiger partial charge in [0.2, 0.25) is 5.91 Å². The number of rotatable bonds is 1. The fraction of sp³-hybridized carbons (Fsp3) is 0.833. The van der Waals surface area contributed by atoms with Crippen LogP contribution in [0.2, 0.25) is 0 Å². The normalized spacial score (nSPS) is 30.8. The topological polar surface area (TPSA) is 58.6 Å². The number of likely N-dealkylation sites (tertiary alicyclic amines) is 1. The number of amides is 2. The Morgan fingerprint density at radius 1 is 1.24 bits per heavy atom. The van der Waals surface area contributed by atoms with E-state index >= 15 is 0 Å². The highest BCUT2D eigenvalue weighted by atomic mass is 16.6. The van der Waals surface area contributed by atoms with Crippen molar-refractivity contribution in [3.05, 3.63) is 0 Å². The van der Waals surface area contributed by atoms with Crippen LogP contribution in [0, 0.1) is 11.8 Å². The molecule has 0 spiro atoms. The number of fused-ring (bicyclic) bond motifs is 1. The monoisotopic (exact) mass is 240 g/mol. The smallest absolute Gasteiger partial charge is 0.410 e. The minimum atomic E-state index is -0.444. The van der Waals surface area contributed by atoms with Crippen LogP contribution in [0.25, 0.3) is 0 Å². The first-order chi connectivity index (χ1) is 7.78. The van der Waals surface area contributed by atoms with Crippen LogP contribution in [-0.4, -0.2) is 41.6 Å². The molecule has 1 N–H and O–H groups in total. The van der Waals surface area contributed by atoms with Gasteiger partial charge < -0.3 is 15.0 Å². The number of carbonyl (C=O) groups excluding carboxylic acids is 2. The van der Waals surface area contributed by atoms with Gasteiger partial charge in [-0.05, 0) is 20.8 Å². The molecule has 1 aliphatic carbocycles. The molecule has 0 aromatic carbocycles. The standard InChI is InChI=1S/C12H20N2O3/c1-7(15)13-10-8-5-14(6-9(8)10)11(16)17-12(2,3)4/h8-10H,5-6H2,1-4H3,(H,13,15)/t8-,9+,10+. The molecular weight excluding hydrogens is 220 g/mol. The summed E-state index contributed by atoms with van der Waals surface area (Å²) in [5.74, 6) is 0.853. The van der Waals surface area contributed by atoms with Gasteiger partial charge in [-0.25, -0.2) is 4.79 Å². The van der Waals surface area contributed by atoms with E-state index < -0.39 is 5.60 Å². The first kappa shape index (κ1) is 12.2. The Morgan fingerprint density at radius 3 is 2.18 bits per heavy atom. The summed E-state index contributed by atoms with van der Waals surface area (Å²) in [6.07, 6.45) is -0.244. The molecule has 1 saturated heterocycles. The first-order valence-electron chi connectivity index (χ1n) is 6.03. The Bertz CT molecular complexity index is 336. The molecule has 2 rings (SSSR count). The molecule has 17 heavy (non-hydrogen) atoms. The van der Waals surface area contributed by atoms with E-state index in [0.29, 0.717) is 24.9 Å². The molecule has 0 bridgehead atoms. The molecule has 1 aliphatic heterocycles. The second-order valence-electron chi connectivity index (χ2n) is 5.94. The lowest BCUT2D eigenvalue weighted by molar-refractivity contribution is -0.119. The van der Waals surface area contributed by atoms with Crippen molar-refractivity contribution in [2.75, 3.05) is 13.1 Å². The van der Waals surface area contributed by atoms with Crippen LogP contribution in [0.5, 0.6) is 0 Å². The SMILES string of the molecule is CC(=O)N[C@H]1[C@@H]2CN(C(=O)OC(C)(C)C)C[C@@H]21. The van der Waals surface area contributed by atoms with Gasteiger partial charge in [0.1, 0.15) is 5.60 Å². The van der Waals surface area contributed by atoms with Crippen molar-refractivity contribution in [1.82, 2.24) is 10.2 Å². The Morgan fingerprint density at radius 2 is 1.76 bits per heavy atom. The average molecular weight is 240 g/mol. The van der Waals surface area contributed by atoms with Crippen LogP contribution < -0.4 is 5.32 Å². The number of ether oxygens (including phenoxy) is 1. The molecule has 3 atom stereocenters. The first-order valence-corrected chi connectivity index (χ1v) is 6.03. The number of hydrogen-bond donors (Lipinski definition) is 1. The molecule has 0 aromatic rings. The maximum atomic E-state index is 11.8. The lowest BCUT2D eigenvalue weighted by Gasteiger charge is -2.25. The van der Waals surface area contributed by atoms with Gasteiger partial charge in [-0.2, -0.15) is 0 Å². The summed E-state index contributed by atoms with van der Waals surface area (Å²) in [7, 11) is 0. The summed E-state index contributed by atoms with van der Waals surface area (Å²) < 4.78 is 5.31. The summed E-state index contributed by atoms with van der Waals surface area (Å²) in [5, 5.41) is 2.91. The molecule has 1 heterocycles. The molecule has 2 fully saturated rings. The second kappa shape index (κ2) is 3.89. The molecular formula is C12H20N2O3. The van der Waals surface area contributed by atoms with E-state index in [1.165, 1.54) is 6.92 Å². The van der Waals surface area contributed by atoms with Crippen LogP contribution in [0.15, 0.2) is 0 Å². The number of piperidine rings is 1. The van der Waals surface area contributed by atoms with Gasteiger partial charge in [0.25, 0.3) is 0 Å². The summed E-state index contributed by atoms with van der Waals surface area (Å²) in [5.41, 5.74) is -0.444. The third-order valence-electron chi connectivity index (χ3n) is 3.22. The zero-order valence-electron chi connectivity index (χ0n) is 10.8. The zero-order chi connectivity index (χ0) is 12.8. The molecule has 5 nitrogen and oxygen atoms in total. The Labute approximate surface area is 101 Å². The van der Waals surface area contributed by atoms with Gasteiger partial charge in [0.05, 0.1) is 0 Å². The van der Waals surface area contributed by atoms with Crippen LogP contribution in [-0.2, 0) is 9.53 Å². The lowest BCUT2D eigenvalue weighted by Crippen LogP contribution is -2.39. The Hall–Kier alpha value is -1.26. The van der Waals surface area contributed by atoms with E-state index in [9.17, 15) is 9.59 Å². The number of nitrogens with zero attached hydrogens (tertiary/aromatic N) is 1. The van der Waals surface area contributed by atoms with Crippen molar-refractivity contribution in [3.63, 3.8) is 0 Å². The molecule has 1 saturated carbocycles. The average Bonchev–Trinajstić information content (AvgIpc) is 2.59. The van der Waals surface area contributed by atoms with Gasteiger partial charge in [0, 0.05) is 37.9 Å². The minimum Gasteiger partial charge on any atom is -0.444 e. The van der Waals surface area contributed by atoms with Gasteiger partial charge >= 0.3 is 6.09 Å². The van der Waals surface area contributed by atoms with Gasteiger partial charge in [-0.3, -0.25) is 4.79 Å². The highest BCUT2D eigenvalue weighted by Crippen LogP contribution is 2.45. The van der Waals surface area contributed by atoms with Crippen molar-refractivity contribution >= 4 is 12.0 Å². The van der Waals surface area contributed by atoms with Gasteiger partial charge in [0.15, 0.2) is 0 Å². The molecule has 2 amide bonds. The van der Waals surface area contributed by atoms with E-state index in [1.807, 2.05) is 20.8 Å². The summed E-state index contributed by atoms with van der Waals surface area (Å²) in [6.45, 7) is 8.51. The Balaban J connectivity index is 1.79. The van der Waals surface area contributed by atoms with Gasteiger partial charge in [-0.15, -0.1) is 0 Å². The fourth-order valence-electron chi connectivity index (χ4n) is 2.45. The van der Waals surface area contributed by atoms with Crippen LogP contribution in [0.1, 0.15) is 27.7 Å². The molecule has 5 heteroatoms. The van der Waals surface area contributed by atoms with E-state index in [0.717, 1.165) is 0 Å². The third kappa shape index (κ3) is 2.70. The number of carbonyl (C=O) groups is 2.